The predicted octanol–water partition coefficient (Wildman–Crippen LogP) is 14.0. The molecule has 0 amide bonds. The van der Waals surface area contributed by atoms with E-state index in [9.17, 15) is 14.7 Å². The lowest BCUT2D eigenvalue weighted by Crippen LogP contribution is -2.35. The topological polar surface area (TPSA) is 234 Å². The average Bonchev–Trinajstić information content (AvgIpc) is 1.92. The van der Waals surface area contributed by atoms with Crippen molar-refractivity contribution in [2.45, 2.75) is 139 Å². The van der Waals surface area contributed by atoms with Crippen molar-refractivity contribution in [3.63, 3.8) is 0 Å². The van der Waals surface area contributed by atoms with E-state index in [0.717, 1.165) is 67.2 Å². The van der Waals surface area contributed by atoms with Gasteiger partial charge in [0.15, 0.2) is 10.0 Å². The number of rotatable bonds is 18. The molecule has 0 spiro atoms. The molecule has 8 heterocycles. The van der Waals surface area contributed by atoms with Crippen molar-refractivity contribution >= 4 is 117 Å². The molecule has 0 bridgehead atoms. The van der Waals surface area contributed by atoms with Crippen molar-refractivity contribution in [1.82, 2.24) is 20.3 Å². The molecule has 89 heavy (non-hydrogen) atoms. The fourth-order valence-electron chi connectivity index (χ4n) is 11.0. The van der Waals surface area contributed by atoms with Gasteiger partial charge in [-0.2, -0.15) is 4.98 Å². The van der Waals surface area contributed by atoms with Crippen LogP contribution >= 0.6 is 85.0 Å². The molecular weight excluding hydrogens is 1340 g/mol. The van der Waals surface area contributed by atoms with Gasteiger partial charge >= 0.3 is 11.9 Å². The zero-order valence-corrected chi connectivity index (χ0v) is 55.1. The summed E-state index contributed by atoms with van der Waals surface area (Å²) in [6.45, 7) is 9.54. The number of aliphatic hydroxyl groups is 1. The number of aromatic nitrogens is 4. The van der Waals surface area contributed by atoms with Crippen LogP contribution in [0.1, 0.15) is 109 Å². The number of aliphatic hydroxyl groups excluding tert-OH is 1. The Bertz CT molecular complexity index is 3850. The number of carbonyl (C=O) groups is 2. The molecule has 4 aromatic heterocycles. The smallest absolute Gasteiger partial charge is 0.338 e. The van der Waals surface area contributed by atoms with E-state index in [1.807, 2.05) is 27.7 Å². The Balaban J connectivity index is 0.000000145. The number of fused-ring (bicyclic) bond motifs is 4. The first-order valence-electron chi connectivity index (χ1n) is 28.9. The fraction of sp³-hybridized carbons (Fsp3) is 0.452. The van der Waals surface area contributed by atoms with Gasteiger partial charge in [-0.05, 0) is 118 Å². The third-order valence-corrected chi connectivity index (χ3v) is 19.1. The Morgan fingerprint density at radius 2 is 1.03 bits per heavy atom. The molecule has 6 fully saturated rings. The van der Waals surface area contributed by atoms with Crippen molar-refractivity contribution in [1.29, 1.82) is 0 Å². The molecule has 6 aliphatic rings. The number of nitrogens with zero attached hydrogens (tertiary/aromatic N) is 4. The van der Waals surface area contributed by atoms with Crippen LogP contribution in [0.4, 0.5) is 0 Å². The molecule has 472 valence electrons. The summed E-state index contributed by atoms with van der Waals surface area (Å²) in [6.07, 6.45) is 1.33. The number of thiazole rings is 2. The fourth-order valence-corrected chi connectivity index (χ4v) is 14.6. The van der Waals surface area contributed by atoms with Crippen LogP contribution in [0, 0.1) is 0 Å². The van der Waals surface area contributed by atoms with Crippen LogP contribution in [0.15, 0.2) is 73.6 Å². The number of esters is 2. The number of ether oxygens (including phenoxy) is 11. The monoisotopic (exact) mass is 1400 g/mol. The van der Waals surface area contributed by atoms with E-state index in [-0.39, 0.29) is 74.1 Å². The highest BCUT2D eigenvalue weighted by atomic mass is 79.9. The van der Waals surface area contributed by atoms with Crippen LogP contribution in [-0.2, 0) is 51.1 Å². The highest BCUT2D eigenvalue weighted by Crippen LogP contribution is 2.49. The van der Waals surface area contributed by atoms with Crippen molar-refractivity contribution in [3.8, 4) is 39.2 Å². The molecule has 8 aromatic rings. The number of methoxy groups -OCH3 is 2. The highest BCUT2D eigenvalue weighted by molar-refractivity contribution is 9.11. The molecule has 4 aromatic carbocycles. The standard InChI is InChI=1S/C31H30Cl2N2O8S.C19H19Cl2NO5.C12H12BrNO3S/c1-14(2)41-20-9-16(30(36)37-3)10-23-26(20)34-31(44-23)42-22-13-40-28-21(12-39-29(22)28)38-11-17-25(35-43-27(17)15-7-8-15)24-18(32)5-4-6-19(24)33;20-11-2-1-3-12(21)15(11)16-10(17(27-22-16)9-4-5-9)6-24-14-8-26-18-13(23)7-25-19(14)18;1-6(2)17-8-4-7(11(15)16-3)5-9-10(8)14-12(13)18-9/h4-6,9-10,14-15,21-22,28-29H,7-8,11-13H2,1-3H3;1-3,9,13-14,18-19,23H,4-8H2;4-6H,1-3H3/t21-,22+,28-,29-;13-,14+,18+,19+;/m10./s1. The zero-order valence-electron chi connectivity index (χ0n) is 48.8. The Labute approximate surface area is 547 Å². The SMILES string of the molecule is COC(=O)c1cc(OC(C)C)c2nc(Br)sc2c1.COC(=O)c1cc(OC(C)C)c2nc(O[C@H]3CO[C@H]4[C@@H]3OC[C@H]4OCc3c(-c4c(Cl)cccc4Cl)noc3C3CC3)sc2c1.O[C@H]1CO[C@H]2[C@@H]1OC[C@H]2OCc1c(-c2c(Cl)cccc2Cl)noc1C1CC1. The minimum absolute atomic E-state index is 0.0153. The summed E-state index contributed by atoms with van der Waals surface area (Å²) >= 11 is 31.9. The maximum Gasteiger partial charge on any atom is 0.338 e. The van der Waals surface area contributed by atoms with Gasteiger partial charge in [0.2, 0.25) is 0 Å². The first-order chi connectivity index (χ1) is 42.9. The van der Waals surface area contributed by atoms with Crippen LogP contribution in [0.2, 0.25) is 20.1 Å². The number of hydrogen-bond donors (Lipinski definition) is 1. The maximum atomic E-state index is 12.3. The van der Waals surface area contributed by atoms with Crippen LogP contribution in [0.25, 0.3) is 42.9 Å². The molecule has 20 nitrogen and oxygen atoms in total. The van der Waals surface area contributed by atoms with Crippen molar-refractivity contribution in [2.75, 3.05) is 40.6 Å². The van der Waals surface area contributed by atoms with Crippen LogP contribution in [0.5, 0.6) is 16.7 Å². The maximum absolute atomic E-state index is 12.3. The summed E-state index contributed by atoms with van der Waals surface area (Å²) in [4.78, 5) is 32.9. The largest absolute Gasteiger partial charge is 0.489 e. The lowest BCUT2D eigenvalue weighted by Gasteiger charge is -2.17. The Morgan fingerprint density at radius 1 is 0.607 bits per heavy atom. The third kappa shape index (κ3) is 13.9. The summed E-state index contributed by atoms with van der Waals surface area (Å²) in [7, 11) is 2.70. The van der Waals surface area contributed by atoms with E-state index in [1.165, 1.54) is 36.9 Å². The quantitative estimate of drug-likeness (QED) is 0.0786. The molecule has 1 N–H and O–H groups in total. The lowest BCUT2D eigenvalue weighted by atomic mass is 10.0. The molecule has 0 radical (unpaired) electrons. The van der Waals surface area contributed by atoms with Gasteiger partial charge in [0.05, 0.1) is 107 Å². The average molecular weight is 1400 g/mol. The second-order valence-electron chi connectivity index (χ2n) is 22.5. The summed E-state index contributed by atoms with van der Waals surface area (Å²) in [5, 5.41) is 21.0. The highest BCUT2D eigenvalue weighted by Gasteiger charge is 2.51. The van der Waals surface area contributed by atoms with E-state index in [1.54, 1.807) is 60.7 Å². The number of hydrogen-bond acceptors (Lipinski definition) is 22. The minimum atomic E-state index is -0.598. The van der Waals surface area contributed by atoms with Crippen molar-refractivity contribution in [2.24, 2.45) is 0 Å². The zero-order chi connectivity index (χ0) is 62.4. The first kappa shape index (κ1) is 63.9. The molecule has 27 heteroatoms. The summed E-state index contributed by atoms with van der Waals surface area (Å²) in [5.74, 6) is 2.59. The van der Waals surface area contributed by atoms with Crippen LogP contribution < -0.4 is 14.2 Å². The third-order valence-electron chi connectivity index (χ3n) is 15.5. The molecule has 4 saturated heterocycles. The first-order valence-corrected chi connectivity index (χ1v) is 32.8. The molecule has 2 saturated carbocycles. The summed E-state index contributed by atoms with van der Waals surface area (Å²) in [5.41, 5.74) is 6.44. The summed E-state index contributed by atoms with van der Waals surface area (Å²) < 4.78 is 77.5. The van der Waals surface area contributed by atoms with Gasteiger partial charge in [-0.15, -0.1) is 11.3 Å². The van der Waals surface area contributed by atoms with Gasteiger partial charge in [0, 0.05) is 34.1 Å². The van der Waals surface area contributed by atoms with Gasteiger partial charge in [0.1, 0.15) is 88.2 Å². The van der Waals surface area contributed by atoms with Crippen molar-refractivity contribution in [3.05, 3.63) is 118 Å². The van der Waals surface area contributed by atoms with E-state index in [2.05, 4.69) is 36.2 Å². The predicted molar refractivity (Wildman–Crippen MR) is 336 cm³/mol. The normalized spacial score (nSPS) is 22.7. The Morgan fingerprint density at radius 3 is 1.51 bits per heavy atom. The van der Waals surface area contributed by atoms with Crippen molar-refractivity contribution < 1.29 is 75.8 Å². The number of carbonyl (C=O) groups excluding carboxylic acids is 2. The minimum Gasteiger partial charge on any atom is -0.489 e. The van der Waals surface area contributed by atoms with E-state index >= 15 is 0 Å². The van der Waals surface area contributed by atoms with Gasteiger partial charge in [0.25, 0.3) is 5.19 Å². The van der Waals surface area contributed by atoms with Gasteiger partial charge < -0.3 is 66.3 Å². The molecule has 8 atom stereocenters. The van der Waals surface area contributed by atoms with E-state index in [0.29, 0.717) is 114 Å². The lowest BCUT2D eigenvalue weighted by molar-refractivity contribution is -0.0441. The second kappa shape index (κ2) is 27.5. The van der Waals surface area contributed by atoms with Crippen LogP contribution in [0.3, 0.4) is 0 Å². The van der Waals surface area contributed by atoms with Gasteiger partial charge in [-0.1, -0.05) is 80.2 Å². The molecule has 4 aliphatic heterocycles. The molecular formula is C62H61BrCl4N4O16S2. The molecule has 14 rings (SSSR count). The van der Waals surface area contributed by atoms with E-state index < -0.39 is 12.1 Å². The van der Waals surface area contributed by atoms with Gasteiger partial charge in [-0.25, -0.2) is 14.6 Å². The number of benzene rings is 4. The molecule has 0 unspecified atom stereocenters. The Kier molecular flexibility index (Phi) is 19.8. The van der Waals surface area contributed by atoms with Crippen LogP contribution in [-0.4, -0.2) is 139 Å². The Hall–Kier alpha value is -5.22. The van der Waals surface area contributed by atoms with E-state index in [4.69, 9.17) is 108 Å². The summed E-state index contributed by atoms with van der Waals surface area (Å²) in [6, 6.07) is 17.5. The molecule has 2 aliphatic carbocycles. The second-order valence-corrected chi connectivity index (χ2v) is 27.4. The van der Waals surface area contributed by atoms with Gasteiger partial charge in [-0.3, -0.25) is 0 Å². The number of halogens is 5.